The quantitative estimate of drug-likeness (QED) is 0.321. The Kier molecular flexibility index (Phi) is 5.72. The number of ketones is 1. The van der Waals surface area contributed by atoms with E-state index >= 15 is 0 Å². The summed E-state index contributed by atoms with van der Waals surface area (Å²) in [5.74, 6) is -2.09. The number of Topliss-reactive ketones (excluding diaryl/α,β-unsaturated/α-hetero) is 1. The van der Waals surface area contributed by atoms with Crippen molar-refractivity contribution in [3.8, 4) is 11.4 Å². The minimum atomic E-state index is -1.04. The van der Waals surface area contributed by atoms with E-state index in [9.17, 15) is 24.0 Å². The second-order valence-corrected chi connectivity index (χ2v) is 7.46. The first-order valence-electron chi connectivity index (χ1n) is 10.1. The number of imide groups is 1. The maximum absolute atomic E-state index is 12.5. The van der Waals surface area contributed by atoms with E-state index in [4.69, 9.17) is 15.2 Å². The van der Waals surface area contributed by atoms with Crippen LogP contribution in [0.5, 0.6) is 5.75 Å². The Morgan fingerprint density at radius 1 is 0.941 bits per heavy atom. The number of hydrogen-bond donors (Lipinski definition) is 2. The van der Waals surface area contributed by atoms with Crippen LogP contribution in [-0.4, -0.2) is 41.3 Å². The van der Waals surface area contributed by atoms with Gasteiger partial charge in [-0.15, -0.1) is 0 Å². The number of aromatic nitrogens is 1. The molecule has 3 N–H and O–H groups in total. The predicted molar refractivity (Wildman–Crippen MR) is 120 cm³/mol. The van der Waals surface area contributed by atoms with Crippen molar-refractivity contribution in [3.05, 3.63) is 87.2 Å². The number of nitrogens with one attached hydrogen (secondary N) is 1. The van der Waals surface area contributed by atoms with Crippen molar-refractivity contribution < 1.29 is 28.7 Å². The zero-order chi connectivity index (χ0) is 24.6. The van der Waals surface area contributed by atoms with Gasteiger partial charge in [0.2, 0.25) is 5.78 Å². The number of methoxy groups -OCH3 is 1. The molecule has 1 atom stereocenters. The lowest BCUT2D eigenvalue weighted by Gasteiger charge is -2.14. The first-order valence-corrected chi connectivity index (χ1v) is 10.1. The van der Waals surface area contributed by atoms with Crippen LogP contribution >= 0.6 is 0 Å². The molecule has 1 aromatic heterocycles. The molecule has 0 bridgehead atoms. The van der Waals surface area contributed by atoms with Crippen LogP contribution in [0.2, 0.25) is 0 Å². The Hall–Kier alpha value is -4.73. The molecule has 2 aromatic carbocycles. The summed E-state index contributed by atoms with van der Waals surface area (Å²) in [7, 11) is 1.51. The molecule has 172 valence electrons. The number of pyridine rings is 1. The van der Waals surface area contributed by atoms with Crippen molar-refractivity contribution in [3.63, 3.8) is 0 Å². The molecule has 0 fully saturated rings. The fraction of sp³-hybridized carbons (Fsp3) is 0.125. The van der Waals surface area contributed by atoms with Gasteiger partial charge in [0.25, 0.3) is 17.4 Å². The zero-order valence-electron chi connectivity index (χ0n) is 18.2. The molecule has 0 spiro atoms. The van der Waals surface area contributed by atoms with Crippen LogP contribution in [0.3, 0.4) is 0 Å². The molecule has 2 heterocycles. The number of hydrogen-bond acceptors (Lipinski definition) is 8. The molecule has 10 nitrogen and oxygen atoms in total. The van der Waals surface area contributed by atoms with Gasteiger partial charge in [-0.3, -0.25) is 29.1 Å². The summed E-state index contributed by atoms with van der Waals surface area (Å²) in [4.78, 5) is 61.4. The van der Waals surface area contributed by atoms with Gasteiger partial charge in [0, 0.05) is 11.6 Å². The molecular weight excluding hydrogens is 442 g/mol. The van der Waals surface area contributed by atoms with Crippen molar-refractivity contribution in [2.24, 2.45) is 0 Å². The van der Waals surface area contributed by atoms with Crippen LogP contribution < -0.4 is 21.3 Å². The molecule has 0 saturated carbocycles. The number of anilines is 1. The summed E-state index contributed by atoms with van der Waals surface area (Å²) in [6.07, 6.45) is -1.04. The van der Waals surface area contributed by atoms with Gasteiger partial charge in [-0.25, -0.2) is 4.79 Å². The predicted octanol–water partition coefficient (Wildman–Crippen LogP) is 1.74. The van der Waals surface area contributed by atoms with Gasteiger partial charge < -0.3 is 15.2 Å². The molecular formula is C24H19N3O7. The third kappa shape index (κ3) is 3.92. The maximum atomic E-state index is 12.5. The topological polar surface area (TPSA) is 147 Å². The summed E-state index contributed by atoms with van der Waals surface area (Å²) < 4.78 is 11.4. The lowest BCUT2D eigenvalue weighted by atomic mass is 10.1. The van der Waals surface area contributed by atoms with E-state index in [1.54, 1.807) is 24.3 Å². The van der Waals surface area contributed by atoms with Crippen LogP contribution in [-0.2, 0) is 4.74 Å². The third-order valence-corrected chi connectivity index (χ3v) is 5.34. The highest BCUT2D eigenvalue weighted by Gasteiger charge is 2.32. The fourth-order valence-corrected chi connectivity index (χ4v) is 3.56. The Bertz CT molecular complexity index is 1390. The molecule has 1 aliphatic rings. The minimum Gasteiger partial charge on any atom is -0.497 e. The Labute approximate surface area is 192 Å². The van der Waals surface area contributed by atoms with Crippen molar-refractivity contribution >= 4 is 29.4 Å². The van der Waals surface area contributed by atoms with Gasteiger partial charge in [0.1, 0.15) is 11.6 Å². The SMILES string of the molecule is COc1ccc(C(=O)C(C)OC(=O)c2ccc(-n3c(N)c4c(cc3=O)C(=O)NC4=O)cc2)cc1. The van der Waals surface area contributed by atoms with E-state index < -0.39 is 29.4 Å². The number of nitrogens with two attached hydrogens (primary N) is 1. The van der Waals surface area contributed by atoms with E-state index in [-0.39, 0.29) is 34.0 Å². The van der Waals surface area contributed by atoms with Gasteiger partial charge >= 0.3 is 5.97 Å². The van der Waals surface area contributed by atoms with Gasteiger partial charge in [-0.1, -0.05) is 0 Å². The molecule has 4 rings (SSSR count). The zero-order valence-corrected chi connectivity index (χ0v) is 18.2. The lowest BCUT2D eigenvalue weighted by Crippen LogP contribution is -2.25. The molecule has 1 unspecified atom stereocenters. The largest absolute Gasteiger partial charge is 0.497 e. The number of rotatable bonds is 6. The van der Waals surface area contributed by atoms with Crippen LogP contribution in [0.1, 0.15) is 48.4 Å². The summed E-state index contributed by atoms with van der Waals surface area (Å²) in [5, 5.41) is 2.09. The monoisotopic (exact) mass is 461 g/mol. The number of nitrogens with zero attached hydrogens (tertiary/aromatic N) is 1. The molecule has 2 amide bonds. The molecule has 0 radical (unpaired) electrons. The number of benzene rings is 2. The Balaban J connectivity index is 1.53. The Morgan fingerprint density at radius 2 is 1.56 bits per heavy atom. The van der Waals surface area contributed by atoms with E-state index in [2.05, 4.69) is 5.32 Å². The standard InChI is InChI=1S/C24H19N3O7/c1-12(20(29)13-5-9-16(33-2)10-6-13)34-24(32)14-3-7-15(8-4-14)27-18(28)11-17-19(21(27)25)23(31)26-22(17)30/h3-12H,25H2,1-2H3,(H,26,30,31). The molecule has 10 heteroatoms. The second kappa shape index (κ2) is 8.66. The molecule has 0 saturated heterocycles. The van der Waals surface area contributed by atoms with Crippen LogP contribution in [0.4, 0.5) is 5.82 Å². The first-order chi connectivity index (χ1) is 16.2. The number of carbonyl (C=O) groups is 4. The first kappa shape index (κ1) is 22.5. The third-order valence-electron chi connectivity index (χ3n) is 5.34. The average Bonchev–Trinajstić information content (AvgIpc) is 3.11. The van der Waals surface area contributed by atoms with Crippen LogP contribution in [0.15, 0.2) is 59.4 Å². The number of ether oxygens (including phenoxy) is 2. The normalized spacial score (nSPS) is 13.1. The van der Waals surface area contributed by atoms with E-state index in [0.717, 1.165) is 10.6 Å². The van der Waals surface area contributed by atoms with Gasteiger partial charge in [-0.05, 0) is 55.5 Å². The Morgan fingerprint density at radius 3 is 2.18 bits per heavy atom. The van der Waals surface area contributed by atoms with E-state index in [0.29, 0.717) is 11.3 Å². The fourth-order valence-electron chi connectivity index (χ4n) is 3.56. The molecule has 3 aromatic rings. The molecule has 0 aliphatic carbocycles. The number of fused-ring (bicyclic) bond motifs is 1. The van der Waals surface area contributed by atoms with Crippen LogP contribution in [0.25, 0.3) is 5.69 Å². The van der Waals surface area contributed by atoms with E-state index in [1.807, 2.05) is 0 Å². The van der Waals surface area contributed by atoms with Gasteiger partial charge in [-0.2, -0.15) is 0 Å². The summed E-state index contributed by atoms with van der Waals surface area (Å²) >= 11 is 0. The highest BCUT2D eigenvalue weighted by Crippen LogP contribution is 2.23. The van der Waals surface area contributed by atoms with Gasteiger partial charge in [0.05, 0.1) is 29.5 Å². The van der Waals surface area contributed by atoms with Crippen molar-refractivity contribution in [1.82, 2.24) is 9.88 Å². The van der Waals surface area contributed by atoms with Crippen molar-refractivity contribution in [1.29, 1.82) is 0 Å². The van der Waals surface area contributed by atoms with Crippen molar-refractivity contribution in [2.75, 3.05) is 12.8 Å². The summed E-state index contributed by atoms with van der Waals surface area (Å²) in [6.45, 7) is 1.47. The summed E-state index contributed by atoms with van der Waals surface area (Å²) in [5.41, 5.74) is 6.00. The smallest absolute Gasteiger partial charge is 0.338 e. The van der Waals surface area contributed by atoms with Gasteiger partial charge in [0.15, 0.2) is 6.10 Å². The van der Waals surface area contributed by atoms with Crippen molar-refractivity contribution in [2.45, 2.75) is 13.0 Å². The molecule has 34 heavy (non-hydrogen) atoms. The highest BCUT2D eigenvalue weighted by molar-refractivity contribution is 6.23. The second-order valence-electron chi connectivity index (χ2n) is 7.46. The highest BCUT2D eigenvalue weighted by atomic mass is 16.5. The maximum Gasteiger partial charge on any atom is 0.338 e. The van der Waals surface area contributed by atoms with E-state index in [1.165, 1.54) is 38.3 Å². The number of carbonyl (C=O) groups excluding carboxylic acids is 4. The number of esters is 1. The summed E-state index contributed by atoms with van der Waals surface area (Å²) in [6, 6.07) is 13.1. The minimum absolute atomic E-state index is 0.0838. The van der Waals surface area contributed by atoms with Crippen LogP contribution in [0, 0.1) is 0 Å². The molecule has 1 aliphatic heterocycles. The number of nitrogen functional groups attached to an aromatic ring is 1. The average molecular weight is 461 g/mol. The lowest BCUT2D eigenvalue weighted by molar-refractivity contribution is 0.0318. The number of amides is 2.